The molecule has 1 aromatic carbocycles. The maximum atomic E-state index is 12.4. The molecule has 0 aliphatic carbocycles. The first-order chi connectivity index (χ1) is 15.7. The third kappa shape index (κ3) is 11.7. The fraction of sp³-hybridized carbons (Fsp3) is 0.440. The van der Waals surface area contributed by atoms with Crippen molar-refractivity contribution in [1.29, 1.82) is 0 Å². The van der Waals surface area contributed by atoms with Crippen LogP contribution in [-0.2, 0) is 16.0 Å². The van der Waals surface area contributed by atoms with Gasteiger partial charge in [0.15, 0.2) is 0 Å². The van der Waals surface area contributed by atoms with Crippen molar-refractivity contribution >= 4 is 23.7 Å². The van der Waals surface area contributed by atoms with Crippen LogP contribution in [0.25, 0.3) is 11.3 Å². The normalized spacial score (nSPS) is 10.0. The van der Waals surface area contributed by atoms with Crippen molar-refractivity contribution in [3.63, 3.8) is 0 Å². The molecule has 0 atom stereocenters. The fourth-order valence-corrected chi connectivity index (χ4v) is 3.04. The minimum Gasteiger partial charge on any atom is -0.481 e. The molecule has 2 amide bonds. The molecule has 0 spiro atoms. The smallest absolute Gasteiger partial charge is 0.321 e. The van der Waals surface area contributed by atoms with Gasteiger partial charge in [0, 0.05) is 44.4 Å². The second kappa shape index (κ2) is 15.4. The second-order valence-electron chi connectivity index (χ2n) is 7.71. The van der Waals surface area contributed by atoms with E-state index in [0.29, 0.717) is 13.0 Å². The number of unbranched alkanes of at least 4 members (excludes halogenated alkanes) is 4. The molecule has 0 radical (unpaired) electrons. The largest absolute Gasteiger partial charge is 0.481 e. The van der Waals surface area contributed by atoms with Crippen molar-refractivity contribution in [3.8, 4) is 11.3 Å². The van der Waals surface area contributed by atoms with Crippen LogP contribution in [0.15, 0.2) is 42.6 Å². The molecular weight excluding hydrogens is 422 g/mol. The number of nitrogens with zero attached hydrogens (tertiary/aromatic N) is 2. The number of hydrogen-bond donors (Lipinski definition) is 3. The summed E-state index contributed by atoms with van der Waals surface area (Å²) in [6, 6.07) is 11.3. The fourth-order valence-electron chi connectivity index (χ4n) is 3.04. The molecule has 2 aromatic rings. The lowest BCUT2D eigenvalue weighted by Gasteiger charge is -2.18. The van der Waals surface area contributed by atoms with Gasteiger partial charge in [-0.2, -0.15) is 0 Å². The van der Waals surface area contributed by atoms with Crippen LogP contribution < -0.4 is 10.2 Å². The molecule has 0 fully saturated rings. The lowest BCUT2D eigenvalue weighted by molar-refractivity contribution is -0.137. The molecule has 8 heteroatoms. The average molecular weight is 458 g/mol. The Balaban J connectivity index is 0.00000125. The third-order valence-electron chi connectivity index (χ3n) is 4.87. The highest BCUT2D eigenvalue weighted by Crippen LogP contribution is 2.23. The van der Waals surface area contributed by atoms with Gasteiger partial charge < -0.3 is 15.5 Å². The number of carboxylic acid groups (broad SMARTS) is 2. The Morgan fingerprint density at radius 1 is 1.00 bits per heavy atom. The Hall–Kier alpha value is -3.42. The summed E-state index contributed by atoms with van der Waals surface area (Å²) in [6.45, 7) is 3.95. The number of anilines is 1. The summed E-state index contributed by atoms with van der Waals surface area (Å²) in [7, 11) is 1.75. The van der Waals surface area contributed by atoms with E-state index in [2.05, 4.69) is 17.2 Å². The van der Waals surface area contributed by atoms with Gasteiger partial charge >= 0.3 is 12.0 Å². The molecule has 0 saturated heterocycles. The third-order valence-corrected chi connectivity index (χ3v) is 4.87. The highest BCUT2D eigenvalue weighted by molar-refractivity contribution is 5.91. The number of carboxylic acids is 2. The number of benzene rings is 1. The summed E-state index contributed by atoms with van der Waals surface area (Å²) in [5, 5.41) is 19.2. The summed E-state index contributed by atoms with van der Waals surface area (Å²) in [4.78, 5) is 38.1. The van der Waals surface area contributed by atoms with Crippen LogP contribution in [0.5, 0.6) is 0 Å². The molecule has 8 nitrogen and oxygen atoms in total. The summed E-state index contributed by atoms with van der Waals surface area (Å²) >= 11 is 0. The molecule has 0 bridgehead atoms. The number of aryl methyl sites for hydroxylation is 1. The van der Waals surface area contributed by atoms with Crippen LogP contribution in [0.2, 0.25) is 0 Å². The molecule has 0 aliphatic heterocycles. The summed E-state index contributed by atoms with van der Waals surface area (Å²) in [5.41, 5.74) is 3.44. The Bertz CT molecular complexity index is 880. The first-order valence-corrected chi connectivity index (χ1v) is 11.2. The van der Waals surface area contributed by atoms with E-state index < -0.39 is 11.9 Å². The molecule has 0 unspecified atom stereocenters. The van der Waals surface area contributed by atoms with Crippen molar-refractivity contribution in [2.24, 2.45) is 0 Å². The van der Waals surface area contributed by atoms with Crippen LogP contribution in [0.1, 0.15) is 57.9 Å². The SMILES string of the molecule is CC(=O)O.CCCCCCCNC(=O)N(C)c1ccnc(-c2ccc(CCC(=O)O)cc2)c1. The molecule has 1 heterocycles. The van der Waals surface area contributed by atoms with E-state index in [0.717, 1.165) is 42.3 Å². The lowest BCUT2D eigenvalue weighted by Crippen LogP contribution is -2.37. The summed E-state index contributed by atoms with van der Waals surface area (Å²) in [6.07, 6.45) is 8.12. The van der Waals surface area contributed by atoms with Crippen molar-refractivity contribution in [2.45, 2.75) is 58.8 Å². The van der Waals surface area contributed by atoms with Crippen LogP contribution in [-0.4, -0.2) is 46.8 Å². The van der Waals surface area contributed by atoms with E-state index in [1.807, 2.05) is 36.4 Å². The van der Waals surface area contributed by atoms with Gasteiger partial charge in [0.05, 0.1) is 5.69 Å². The molecule has 0 aliphatic rings. The van der Waals surface area contributed by atoms with Crippen LogP contribution in [0, 0.1) is 0 Å². The van der Waals surface area contributed by atoms with Gasteiger partial charge in [-0.1, -0.05) is 56.9 Å². The van der Waals surface area contributed by atoms with Crippen molar-refractivity contribution < 1.29 is 24.6 Å². The zero-order chi connectivity index (χ0) is 24.6. The molecule has 180 valence electrons. The van der Waals surface area contributed by atoms with E-state index in [-0.39, 0.29) is 12.5 Å². The minimum absolute atomic E-state index is 0.117. The van der Waals surface area contributed by atoms with E-state index in [4.69, 9.17) is 15.0 Å². The van der Waals surface area contributed by atoms with Gasteiger partial charge in [0.25, 0.3) is 5.97 Å². The van der Waals surface area contributed by atoms with E-state index in [9.17, 15) is 9.59 Å². The zero-order valence-electron chi connectivity index (χ0n) is 19.7. The molecular formula is C25H35N3O5. The van der Waals surface area contributed by atoms with Gasteiger partial charge in [-0.15, -0.1) is 0 Å². The standard InChI is InChI=1S/C23H31N3O3.C2H4O2/c1-3-4-5-6-7-15-25-23(29)26(2)20-14-16-24-21(17-20)19-11-8-18(9-12-19)10-13-22(27)28;1-2(3)4/h8-9,11-12,14,16-17H,3-7,10,13,15H2,1-2H3,(H,25,29)(H,27,28);1H3,(H,3,4). The highest BCUT2D eigenvalue weighted by Gasteiger charge is 2.11. The first kappa shape index (κ1) is 27.6. The van der Waals surface area contributed by atoms with Crippen LogP contribution in [0.4, 0.5) is 10.5 Å². The number of carbonyl (C=O) groups excluding carboxylic acids is 1. The van der Waals surface area contributed by atoms with Crippen molar-refractivity contribution in [1.82, 2.24) is 10.3 Å². The van der Waals surface area contributed by atoms with Crippen molar-refractivity contribution in [2.75, 3.05) is 18.5 Å². The zero-order valence-corrected chi connectivity index (χ0v) is 19.7. The molecule has 0 saturated carbocycles. The molecule has 3 N–H and O–H groups in total. The maximum absolute atomic E-state index is 12.4. The first-order valence-electron chi connectivity index (χ1n) is 11.2. The van der Waals surface area contributed by atoms with Crippen LogP contribution >= 0.6 is 0 Å². The highest BCUT2D eigenvalue weighted by atomic mass is 16.4. The number of aromatic nitrogens is 1. The molecule has 33 heavy (non-hydrogen) atoms. The molecule has 2 rings (SSSR count). The predicted molar refractivity (Wildman–Crippen MR) is 130 cm³/mol. The maximum Gasteiger partial charge on any atom is 0.321 e. The summed E-state index contributed by atoms with van der Waals surface area (Å²) < 4.78 is 0. The molecule has 1 aromatic heterocycles. The van der Waals surface area contributed by atoms with E-state index >= 15 is 0 Å². The average Bonchev–Trinajstić information content (AvgIpc) is 2.79. The number of carbonyl (C=O) groups is 3. The van der Waals surface area contributed by atoms with E-state index in [1.54, 1.807) is 18.1 Å². The Morgan fingerprint density at radius 2 is 1.64 bits per heavy atom. The van der Waals surface area contributed by atoms with Crippen LogP contribution in [0.3, 0.4) is 0 Å². The van der Waals surface area contributed by atoms with E-state index in [1.165, 1.54) is 19.3 Å². The number of hydrogen-bond acceptors (Lipinski definition) is 4. The number of nitrogens with one attached hydrogen (secondary N) is 1. The second-order valence-corrected chi connectivity index (χ2v) is 7.71. The predicted octanol–water partition coefficient (Wildman–Crippen LogP) is 4.97. The van der Waals surface area contributed by atoms with Gasteiger partial charge in [0.2, 0.25) is 0 Å². The van der Waals surface area contributed by atoms with Gasteiger partial charge in [-0.3, -0.25) is 19.5 Å². The number of aliphatic carboxylic acids is 2. The minimum atomic E-state index is -0.833. The quantitative estimate of drug-likeness (QED) is 0.410. The number of pyridine rings is 1. The Morgan fingerprint density at radius 3 is 2.24 bits per heavy atom. The Kier molecular flexibility index (Phi) is 12.9. The topological polar surface area (TPSA) is 120 Å². The number of amides is 2. The van der Waals surface area contributed by atoms with Gasteiger partial charge in [-0.25, -0.2) is 4.79 Å². The number of urea groups is 1. The summed E-state index contributed by atoms with van der Waals surface area (Å²) in [5.74, 6) is -1.63. The monoisotopic (exact) mass is 457 g/mol. The number of rotatable bonds is 11. The Labute approximate surface area is 195 Å². The van der Waals surface area contributed by atoms with Gasteiger partial charge in [-0.05, 0) is 30.5 Å². The lowest BCUT2D eigenvalue weighted by atomic mass is 10.0. The van der Waals surface area contributed by atoms with Crippen molar-refractivity contribution in [3.05, 3.63) is 48.2 Å². The van der Waals surface area contributed by atoms with Gasteiger partial charge in [0.1, 0.15) is 0 Å².